The highest BCUT2D eigenvalue weighted by Crippen LogP contribution is 2.22. The highest BCUT2D eigenvalue weighted by molar-refractivity contribution is 8.01. The van der Waals surface area contributed by atoms with Gasteiger partial charge in [-0.05, 0) is 24.6 Å². The summed E-state index contributed by atoms with van der Waals surface area (Å²) in [5.41, 5.74) is 2.82. The lowest BCUT2D eigenvalue weighted by atomic mass is 10.2. The van der Waals surface area contributed by atoms with Crippen LogP contribution >= 0.6 is 34.8 Å². The zero-order valence-corrected chi connectivity index (χ0v) is 14.5. The summed E-state index contributed by atoms with van der Waals surface area (Å²) in [6.07, 6.45) is 0. The number of fused-ring (bicyclic) bond motifs is 1. The molecule has 0 radical (unpaired) electrons. The molecule has 3 rings (SSSR count). The van der Waals surface area contributed by atoms with Gasteiger partial charge in [0.2, 0.25) is 5.91 Å². The second-order valence-corrected chi connectivity index (χ2v) is 7.65. The minimum Gasteiger partial charge on any atom is -0.341 e. The summed E-state index contributed by atoms with van der Waals surface area (Å²) in [6, 6.07) is 5.89. The summed E-state index contributed by atoms with van der Waals surface area (Å²) in [5.74, 6) is 0.431. The number of aryl methyl sites for hydroxylation is 1. The lowest BCUT2D eigenvalue weighted by molar-refractivity contribution is -0.127. The van der Waals surface area contributed by atoms with Gasteiger partial charge in [0.15, 0.2) is 4.34 Å². The van der Waals surface area contributed by atoms with Gasteiger partial charge in [0.1, 0.15) is 16.0 Å². The number of amides is 1. The molecule has 0 fully saturated rings. The first kappa shape index (κ1) is 15.3. The first-order valence-electron chi connectivity index (χ1n) is 6.50. The Labute approximate surface area is 139 Å². The van der Waals surface area contributed by atoms with Gasteiger partial charge in [-0.2, -0.15) is 8.75 Å². The molecule has 1 aromatic carbocycles. The third kappa shape index (κ3) is 3.60. The van der Waals surface area contributed by atoms with Crippen LogP contribution in [0.25, 0.3) is 11.0 Å². The highest BCUT2D eigenvalue weighted by atomic mass is 32.2. The first-order valence-corrected chi connectivity index (χ1v) is 9.03. The predicted molar refractivity (Wildman–Crippen MR) is 89.3 cm³/mol. The van der Waals surface area contributed by atoms with E-state index in [1.54, 1.807) is 11.9 Å². The molecule has 0 N–H and O–H groups in total. The average molecular weight is 351 g/mol. The maximum atomic E-state index is 12.2. The first-order chi connectivity index (χ1) is 10.6. The van der Waals surface area contributed by atoms with Gasteiger partial charge in [0.05, 0.1) is 17.5 Å². The van der Waals surface area contributed by atoms with Crippen molar-refractivity contribution in [1.29, 1.82) is 0 Å². The van der Waals surface area contributed by atoms with Gasteiger partial charge in [-0.3, -0.25) is 4.79 Å². The molecule has 0 unspecified atom stereocenters. The van der Waals surface area contributed by atoms with E-state index in [4.69, 9.17) is 0 Å². The largest absolute Gasteiger partial charge is 0.341 e. The quantitative estimate of drug-likeness (QED) is 0.658. The van der Waals surface area contributed by atoms with Crippen molar-refractivity contribution >= 4 is 51.8 Å². The second kappa shape index (κ2) is 6.67. The lowest BCUT2D eigenvalue weighted by Crippen LogP contribution is -2.27. The summed E-state index contributed by atoms with van der Waals surface area (Å²) in [5, 5.41) is 8.86. The standard InChI is InChI=1S/C13H13N5OS3/c1-8-14-15-13(21-8)20-7-12(19)18(2)6-9-3-4-10-11(5-9)17-22-16-10/h3-5H,6-7H2,1-2H3. The smallest absolute Gasteiger partial charge is 0.233 e. The van der Waals surface area contributed by atoms with E-state index in [9.17, 15) is 4.79 Å². The van der Waals surface area contributed by atoms with E-state index in [-0.39, 0.29) is 5.91 Å². The third-order valence-electron chi connectivity index (χ3n) is 2.99. The number of nitrogens with zero attached hydrogens (tertiary/aromatic N) is 5. The van der Waals surface area contributed by atoms with Gasteiger partial charge >= 0.3 is 0 Å². The van der Waals surface area contributed by atoms with Crippen molar-refractivity contribution in [2.24, 2.45) is 0 Å². The zero-order valence-electron chi connectivity index (χ0n) is 12.0. The summed E-state index contributed by atoms with van der Waals surface area (Å²) in [6.45, 7) is 2.46. The normalized spacial score (nSPS) is 11.0. The van der Waals surface area contributed by atoms with Crippen LogP contribution in [-0.2, 0) is 11.3 Å². The molecule has 0 atom stereocenters. The molecule has 2 aromatic heterocycles. The Kier molecular flexibility index (Phi) is 4.65. The topological polar surface area (TPSA) is 71.9 Å². The van der Waals surface area contributed by atoms with Crippen molar-refractivity contribution in [1.82, 2.24) is 23.8 Å². The molecule has 0 aliphatic carbocycles. The maximum Gasteiger partial charge on any atom is 0.233 e. The highest BCUT2D eigenvalue weighted by Gasteiger charge is 2.12. The fourth-order valence-electron chi connectivity index (χ4n) is 1.86. The van der Waals surface area contributed by atoms with Gasteiger partial charge in [-0.15, -0.1) is 10.2 Å². The summed E-state index contributed by atoms with van der Waals surface area (Å²) in [7, 11) is 1.80. The Morgan fingerprint density at radius 2 is 2.09 bits per heavy atom. The minimum atomic E-state index is 0.0642. The van der Waals surface area contributed by atoms with E-state index in [0.717, 1.165) is 25.9 Å². The number of aromatic nitrogens is 4. The Hall–Kier alpha value is -1.58. The predicted octanol–water partition coefficient (Wildman–Crippen LogP) is 2.60. The van der Waals surface area contributed by atoms with E-state index >= 15 is 0 Å². The molecule has 114 valence electrons. The van der Waals surface area contributed by atoms with Crippen molar-refractivity contribution in [3.8, 4) is 0 Å². The summed E-state index contributed by atoms with van der Waals surface area (Å²) >= 11 is 4.13. The number of hydrogen-bond donors (Lipinski definition) is 0. The van der Waals surface area contributed by atoms with Crippen LogP contribution in [0.15, 0.2) is 22.5 Å². The van der Waals surface area contributed by atoms with Crippen LogP contribution in [0.4, 0.5) is 0 Å². The van der Waals surface area contributed by atoms with Gasteiger partial charge in [-0.1, -0.05) is 29.2 Å². The van der Waals surface area contributed by atoms with E-state index < -0.39 is 0 Å². The number of carbonyl (C=O) groups excluding carboxylic acids is 1. The molecule has 9 heteroatoms. The summed E-state index contributed by atoms with van der Waals surface area (Å²) in [4.78, 5) is 13.9. The Bertz CT molecular complexity index is 800. The molecular formula is C13H13N5OS3. The fourth-order valence-corrected chi connectivity index (χ4v) is 4.13. The van der Waals surface area contributed by atoms with Gasteiger partial charge in [-0.25, -0.2) is 0 Å². The van der Waals surface area contributed by atoms with Crippen LogP contribution in [0.5, 0.6) is 0 Å². The molecule has 3 aromatic rings. The van der Waals surface area contributed by atoms with Crippen molar-refractivity contribution in [3.63, 3.8) is 0 Å². The number of carbonyl (C=O) groups is 1. The van der Waals surface area contributed by atoms with Gasteiger partial charge < -0.3 is 4.90 Å². The monoisotopic (exact) mass is 351 g/mol. The molecule has 22 heavy (non-hydrogen) atoms. The van der Waals surface area contributed by atoms with E-state index in [1.807, 2.05) is 25.1 Å². The van der Waals surface area contributed by atoms with Crippen LogP contribution in [0.2, 0.25) is 0 Å². The molecule has 0 saturated carbocycles. The molecule has 0 spiro atoms. The van der Waals surface area contributed by atoms with Crippen LogP contribution < -0.4 is 0 Å². The Balaban J connectivity index is 1.58. The Morgan fingerprint density at radius 3 is 2.86 bits per heavy atom. The maximum absolute atomic E-state index is 12.2. The summed E-state index contributed by atoms with van der Waals surface area (Å²) < 4.78 is 9.22. The average Bonchev–Trinajstić information content (AvgIpc) is 3.12. The molecule has 0 aliphatic heterocycles. The van der Waals surface area contributed by atoms with Crippen LogP contribution in [0.1, 0.15) is 10.6 Å². The Morgan fingerprint density at radius 1 is 1.27 bits per heavy atom. The second-order valence-electron chi connectivity index (χ2n) is 4.71. The van der Waals surface area contributed by atoms with Crippen LogP contribution in [0.3, 0.4) is 0 Å². The van der Waals surface area contributed by atoms with Gasteiger partial charge in [0, 0.05) is 13.6 Å². The van der Waals surface area contributed by atoms with Crippen LogP contribution in [0, 0.1) is 6.92 Å². The number of rotatable bonds is 5. The molecule has 0 bridgehead atoms. The third-order valence-corrected chi connectivity index (χ3v) is 5.50. The van der Waals surface area contributed by atoms with Crippen molar-refractivity contribution in [3.05, 3.63) is 28.8 Å². The molecule has 0 saturated heterocycles. The number of thioether (sulfide) groups is 1. The van der Waals surface area contributed by atoms with E-state index in [0.29, 0.717) is 12.3 Å². The lowest BCUT2D eigenvalue weighted by Gasteiger charge is -2.16. The molecule has 6 nitrogen and oxygen atoms in total. The molecule has 2 heterocycles. The van der Waals surface area contributed by atoms with Crippen molar-refractivity contribution < 1.29 is 4.79 Å². The van der Waals surface area contributed by atoms with E-state index in [2.05, 4.69) is 18.9 Å². The number of hydrogen-bond acceptors (Lipinski definition) is 8. The van der Waals surface area contributed by atoms with Crippen molar-refractivity contribution in [2.75, 3.05) is 12.8 Å². The fraction of sp³-hybridized carbons (Fsp3) is 0.308. The SMILES string of the molecule is Cc1nnc(SCC(=O)N(C)Cc2ccc3nsnc3c2)s1. The van der Waals surface area contributed by atoms with Gasteiger partial charge in [0.25, 0.3) is 0 Å². The van der Waals surface area contributed by atoms with E-state index in [1.165, 1.54) is 34.8 Å². The molecule has 1 amide bonds. The molecule has 0 aliphatic rings. The molecular weight excluding hydrogens is 338 g/mol. The minimum absolute atomic E-state index is 0.0642. The van der Waals surface area contributed by atoms with Crippen molar-refractivity contribution in [2.45, 2.75) is 17.8 Å². The van der Waals surface area contributed by atoms with Crippen LogP contribution in [-0.4, -0.2) is 42.6 Å². The zero-order chi connectivity index (χ0) is 15.5. The number of benzene rings is 1.